The quantitative estimate of drug-likeness (QED) is 0.816. The molecule has 2 rings (SSSR count). The molecule has 1 heterocycles. The summed E-state index contributed by atoms with van der Waals surface area (Å²) in [5.74, 6) is 1.00. The van der Waals surface area contributed by atoms with Crippen LogP contribution in [0.1, 0.15) is 43.9 Å². The molecular weight excluding hydrogens is 212 g/mol. The predicted molar refractivity (Wildman–Crippen MR) is 70.0 cm³/mol. The molecule has 1 aliphatic carbocycles. The van der Waals surface area contributed by atoms with Crippen LogP contribution in [-0.4, -0.2) is 22.6 Å². The summed E-state index contributed by atoms with van der Waals surface area (Å²) >= 11 is 0. The molecule has 0 saturated heterocycles. The topological polar surface area (TPSA) is 63.8 Å². The largest absolute Gasteiger partial charge is 0.368 e. The fourth-order valence-electron chi connectivity index (χ4n) is 2.37. The second-order valence-corrected chi connectivity index (χ2v) is 4.78. The maximum absolute atomic E-state index is 6.00. The molecule has 0 aliphatic heterocycles. The van der Waals surface area contributed by atoms with Gasteiger partial charge in [-0.05, 0) is 32.1 Å². The molecule has 0 spiro atoms. The summed E-state index contributed by atoms with van der Waals surface area (Å²) in [4.78, 5) is 8.71. The lowest BCUT2D eigenvalue weighted by Gasteiger charge is -2.19. The number of nitrogens with two attached hydrogens (primary N) is 1. The lowest BCUT2D eigenvalue weighted by molar-refractivity contribution is 0.622. The van der Waals surface area contributed by atoms with E-state index >= 15 is 0 Å². The second-order valence-electron chi connectivity index (χ2n) is 4.78. The van der Waals surface area contributed by atoms with E-state index in [0.29, 0.717) is 0 Å². The van der Waals surface area contributed by atoms with E-state index in [1.54, 1.807) is 6.33 Å². The molecule has 0 saturated carbocycles. The first-order valence-electron chi connectivity index (χ1n) is 6.63. The molecule has 1 atom stereocenters. The van der Waals surface area contributed by atoms with Gasteiger partial charge in [0, 0.05) is 23.8 Å². The number of fused-ring (bicyclic) bond motifs is 1. The van der Waals surface area contributed by atoms with Crippen LogP contribution < -0.4 is 11.1 Å². The molecule has 94 valence electrons. The molecule has 1 aromatic rings. The zero-order valence-electron chi connectivity index (χ0n) is 10.6. The Bertz CT molecular complexity index is 364. The summed E-state index contributed by atoms with van der Waals surface area (Å²) in [6.07, 6.45) is 8.53. The Kier molecular flexibility index (Phi) is 4.31. The average molecular weight is 234 g/mol. The van der Waals surface area contributed by atoms with Gasteiger partial charge in [0.1, 0.15) is 12.1 Å². The Morgan fingerprint density at radius 3 is 3.00 bits per heavy atom. The van der Waals surface area contributed by atoms with E-state index in [9.17, 15) is 0 Å². The van der Waals surface area contributed by atoms with Crippen LogP contribution in [-0.2, 0) is 12.8 Å². The van der Waals surface area contributed by atoms with Crippen LogP contribution in [0, 0.1) is 0 Å². The third-order valence-corrected chi connectivity index (χ3v) is 3.32. The first-order valence-corrected chi connectivity index (χ1v) is 6.63. The minimum Gasteiger partial charge on any atom is -0.368 e. The molecule has 4 nitrogen and oxygen atoms in total. The highest BCUT2D eigenvalue weighted by molar-refractivity contribution is 5.47. The summed E-state index contributed by atoms with van der Waals surface area (Å²) in [6.45, 7) is 2.96. The number of nitrogens with one attached hydrogen (secondary N) is 1. The summed E-state index contributed by atoms with van der Waals surface area (Å²) in [6, 6.07) is 0.217. The Hall–Kier alpha value is -1.16. The highest BCUT2D eigenvalue weighted by Gasteiger charge is 2.15. The Labute approximate surface area is 103 Å². The predicted octanol–water partition coefficient (Wildman–Crippen LogP) is 1.89. The van der Waals surface area contributed by atoms with E-state index in [2.05, 4.69) is 22.2 Å². The zero-order chi connectivity index (χ0) is 12.1. The maximum atomic E-state index is 6.00. The summed E-state index contributed by atoms with van der Waals surface area (Å²) in [5, 5.41) is 3.38. The van der Waals surface area contributed by atoms with Crippen molar-refractivity contribution < 1.29 is 0 Å². The van der Waals surface area contributed by atoms with E-state index < -0.39 is 0 Å². The van der Waals surface area contributed by atoms with Gasteiger partial charge in [-0.1, -0.05) is 13.3 Å². The number of hydrogen-bond donors (Lipinski definition) is 2. The van der Waals surface area contributed by atoms with Crippen molar-refractivity contribution in [2.45, 2.75) is 51.5 Å². The molecule has 0 aromatic carbocycles. The van der Waals surface area contributed by atoms with Crippen LogP contribution in [0.5, 0.6) is 0 Å². The summed E-state index contributed by atoms with van der Waals surface area (Å²) in [5.41, 5.74) is 8.53. The molecule has 0 radical (unpaired) electrons. The van der Waals surface area contributed by atoms with E-state index in [1.165, 1.54) is 24.1 Å². The number of aromatic nitrogens is 2. The number of aryl methyl sites for hydroxylation is 1. The van der Waals surface area contributed by atoms with Crippen LogP contribution in [0.2, 0.25) is 0 Å². The van der Waals surface area contributed by atoms with Gasteiger partial charge in [-0.15, -0.1) is 0 Å². The highest BCUT2D eigenvalue weighted by atomic mass is 15.0. The van der Waals surface area contributed by atoms with Gasteiger partial charge in [-0.3, -0.25) is 0 Å². The average Bonchev–Trinajstić information content (AvgIpc) is 2.36. The number of nitrogens with zero attached hydrogens (tertiary/aromatic N) is 2. The lowest BCUT2D eigenvalue weighted by Crippen LogP contribution is -2.29. The maximum Gasteiger partial charge on any atom is 0.132 e. The van der Waals surface area contributed by atoms with Gasteiger partial charge in [0.25, 0.3) is 0 Å². The van der Waals surface area contributed by atoms with Gasteiger partial charge in [0.05, 0.1) is 0 Å². The zero-order valence-corrected chi connectivity index (χ0v) is 10.6. The first-order chi connectivity index (χ1) is 8.31. The Morgan fingerprint density at radius 2 is 2.18 bits per heavy atom. The third-order valence-electron chi connectivity index (χ3n) is 3.32. The number of anilines is 1. The SMILES string of the molecule is CCCC(N)CNc1ncnc2c1CCCC2. The second kappa shape index (κ2) is 5.96. The fourth-order valence-corrected chi connectivity index (χ4v) is 2.37. The monoisotopic (exact) mass is 234 g/mol. The van der Waals surface area contributed by atoms with Gasteiger partial charge in [0.15, 0.2) is 0 Å². The number of hydrogen-bond acceptors (Lipinski definition) is 4. The van der Waals surface area contributed by atoms with Crippen molar-refractivity contribution in [2.24, 2.45) is 5.73 Å². The molecule has 3 N–H and O–H groups in total. The van der Waals surface area contributed by atoms with Crippen molar-refractivity contribution in [2.75, 3.05) is 11.9 Å². The van der Waals surface area contributed by atoms with Gasteiger partial charge in [-0.25, -0.2) is 9.97 Å². The van der Waals surface area contributed by atoms with Crippen molar-refractivity contribution in [3.05, 3.63) is 17.6 Å². The summed E-state index contributed by atoms with van der Waals surface area (Å²) < 4.78 is 0. The van der Waals surface area contributed by atoms with Crippen LogP contribution in [0.15, 0.2) is 6.33 Å². The van der Waals surface area contributed by atoms with Gasteiger partial charge in [0.2, 0.25) is 0 Å². The third kappa shape index (κ3) is 3.16. The van der Waals surface area contributed by atoms with Gasteiger partial charge >= 0.3 is 0 Å². The van der Waals surface area contributed by atoms with Gasteiger partial charge in [-0.2, -0.15) is 0 Å². The van der Waals surface area contributed by atoms with Crippen LogP contribution in [0.25, 0.3) is 0 Å². The normalized spacial score (nSPS) is 16.4. The van der Waals surface area contributed by atoms with Crippen molar-refractivity contribution in [1.29, 1.82) is 0 Å². The minimum atomic E-state index is 0.217. The number of rotatable bonds is 5. The van der Waals surface area contributed by atoms with Crippen molar-refractivity contribution >= 4 is 5.82 Å². The Balaban J connectivity index is 2.01. The van der Waals surface area contributed by atoms with Crippen molar-refractivity contribution in [1.82, 2.24) is 9.97 Å². The van der Waals surface area contributed by atoms with Crippen molar-refractivity contribution in [3.63, 3.8) is 0 Å². The molecule has 0 fully saturated rings. The van der Waals surface area contributed by atoms with E-state index in [0.717, 1.165) is 38.0 Å². The minimum absolute atomic E-state index is 0.217. The molecule has 1 aromatic heterocycles. The molecule has 0 amide bonds. The van der Waals surface area contributed by atoms with E-state index in [1.807, 2.05) is 0 Å². The Morgan fingerprint density at radius 1 is 1.35 bits per heavy atom. The van der Waals surface area contributed by atoms with Crippen LogP contribution >= 0.6 is 0 Å². The standard InChI is InChI=1S/C13H22N4/c1-2-5-10(14)8-15-13-11-6-3-4-7-12(11)16-9-17-13/h9-10H,2-8,14H2,1H3,(H,15,16,17). The van der Waals surface area contributed by atoms with Gasteiger partial charge < -0.3 is 11.1 Å². The molecule has 1 unspecified atom stereocenters. The lowest BCUT2D eigenvalue weighted by atomic mass is 9.96. The van der Waals surface area contributed by atoms with Crippen LogP contribution in [0.3, 0.4) is 0 Å². The fraction of sp³-hybridized carbons (Fsp3) is 0.692. The van der Waals surface area contributed by atoms with Crippen LogP contribution in [0.4, 0.5) is 5.82 Å². The molecule has 1 aliphatic rings. The van der Waals surface area contributed by atoms with E-state index in [4.69, 9.17) is 5.73 Å². The molecule has 17 heavy (non-hydrogen) atoms. The van der Waals surface area contributed by atoms with Crippen molar-refractivity contribution in [3.8, 4) is 0 Å². The van der Waals surface area contributed by atoms with E-state index in [-0.39, 0.29) is 6.04 Å². The molecule has 4 heteroatoms. The highest BCUT2D eigenvalue weighted by Crippen LogP contribution is 2.24. The molecule has 0 bridgehead atoms. The smallest absolute Gasteiger partial charge is 0.132 e. The first kappa shape index (κ1) is 12.3. The summed E-state index contributed by atoms with van der Waals surface area (Å²) in [7, 11) is 0. The molecular formula is C13H22N4.